The molecule has 0 fully saturated rings. The van der Waals surface area contributed by atoms with Gasteiger partial charge in [-0.25, -0.2) is 0 Å². The Bertz CT molecular complexity index is 719. The van der Waals surface area contributed by atoms with Gasteiger partial charge in [-0.05, 0) is 34.6 Å². The number of rotatable bonds is 7. The van der Waals surface area contributed by atoms with Gasteiger partial charge >= 0.3 is 0 Å². The topological polar surface area (TPSA) is 70.2 Å². The highest BCUT2D eigenvalue weighted by Crippen LogP contribution is 2.16. The standard InChI is InChI=1S/C18H21N3O2S.ClH/c22-17(2-1-6-20-18(23)15-5-7-24-12-15)21-9-13-3-4-14-10-19-11-16(14)8-13;/h3-5,7-8,12,19H,1-2,6,9-11H2,(H,20,23)(H,21,22);1H. The zero-order chi connectivity index (χ0) is 16.8. The highest BCUT2D eigenvalue weighted by molar-refractivity contribution is 7.08. The fraction of sp³-hybridized carbons (Fsp3) is 0.333. The van der Waals surface area contributed by atoms with Gasteiger partial charge in [-0.1, -0.05) is 18.2 Å². The van der Waals surface area contributed by atoms with Crippen LogP contribution in [0.5, 0.6) is 0 Å². The molecule has 7 heteroatoms. The van der Waals surface area contributed by atoms with Crippen LogP contribution in [-0.2, 0) is 24.4 Å². The fourth-order valence-electron chi connectivity index (χ4n) is 2.69. The van der Waals surface area contributed by atoms with Crippen molar-refractivity contribution in [1.29, 1.82) is 0 Å². The molecule has 25 heavy (non-hydrogen) atoms. The van der Waals surface area contributed by atoms with Crippen molar-refractivity contribution in [2.75, 3.05) is 6.54 Å². The smallest absolute Gasteiger partial charge is 0.252 e. The molecule has 2 aromatic rings. The van der Waals surface area contributed by atoms with Gasteiger partial charge in [0.25, 0.3) is 5.91 Å². The van der Waals surface area contributed by atoms with Crippen LogP contribution in [0, 0.1) is 0 Å². The normalized spacial score (nSPS) is 12.2. The summed E-state index contributed by atoms with van der Waals surface area (Å²) in [7, 11) is 0. The van der Waals surface area contributed by atoms with Crippen LogP contribution in [0.25, 0.3) is 0 Å². The maximum absolute atomic E-state index is 11.9. The summed E-state index contributed by atoms with van der Waals surface area (Å²) >= 11 is 1.49. The van der Waals surface area contributed by atoms with E-state index in [9.17, 15) is 9.59 Å². The number of hydrogen-bond donors (Lipinski definition) is 3. The third-order valence-electron chi connectivity index (χ3n) is 4.04. The summed E-state index contributed by atoms with van der Waals surface area (Å²) in [6.45, 7) is 2.89. The third-order valence-corrected chi connectivity index (χ3v) is 4.72. The van der Waals surface area contributed by atoms with Crippen LogP contribution in [0.3, 0.4) is 0 Å². The first-order valence-corrected chi connectivity index (χ1v) is 9.05. The van der Waals surface area contributed by atoms with Crippen LogP contribution in [0.4, 0.5) is 0 Å². The van der Waals surface area contributed by atoms with E-state index < -0.39 is 0 Å². The number of halogens is 1. The number of fused-ring (bicyclic) bond motifs is 1. The van der Waals surface area contributed by atoms with E-state index in [0.717, 1.165) is 18.7 Å². The first-order chi connectivity index (χ1) is 11.7. The van der Waals surface area contributed by atoms with E-state index in [0.29, 0.717) is 31.5 Å². The average molecular weight is 380 g/mol. The van der Waals surface area contributed by atoms with Crippen LogP contribution < -0.4 is 16.0 Å². The second-order valence-corrected chi connectivity index (χ2v) is 6.63. The van der Waals surface area contributed by atoms with E-state index in [1.54, 1.807) is 6.07 Å². The number of carbonyl (C=O) groups is 2. The van der Waals surface area contributed by atoms with Crippen molar-refractivity contribution in [3.8, 4) is 0 Å². The SMILES string of the molecule is Cl.O=C(CCCNC(=O)c1ccsc1)NCc1ccc2c(c1)CNC2. The van der Waals surface area contributed by atoms with Gasteiger partial charge in [-0.15, -0.1) is 12.4 Å². The van der Waals surface area contributed by atoms with Crippen molar-refractivity contribution in [3.63, 3.8) is 0 Å². The van der Waals surface area contributed by atoms with Crippen LogP contribution in [0.15, 0.2) is 35.0 Å². The van der Waals surface area contributed by atoms with E-state index in [1.165, 1.54) is 22.5 Å². The molecule has 2 amide bonds. The lowest BCUT2D eigenvalue weighted by atomic mass is 10.1. The Morgan fingerprint density at radius 1 is 1.12 bits per heavy atom. The van der Waals surface area contributed by atoms with E-state index in [4.69, 9.17) is 0 Å². The summed E-state index contributed by atoms with van der Waals surface area (Å²) in [5.41, 5.74) is 4.46. The van der Waals surface area contributed by atoms with Crippen LogP contribution in [0.2, 0.25) is 0 Å². The second kappa shape index (κ2) is 9.56. The molecule has 0 atom stereocenters. The molecule has 1 aliphatic rings. The van der Waals surface area contributed by atoms with Crippen LogP contribution in [-0.4, -0.2) is 18.4 Å². The quantitative estimate of drug-likeness (QED) is 0.647. The molecule has 3 rings (SSSR count). The number of thiophene rings is 1. The molecule has 0 saturated heterocycles. The lowest BCUT2D eigenvalue weighted by molar-refractivity contribution is -0.121. The number of amides is 2. The molecule has 0 aliphatic carbocycles. The number of carbonyl (C=O) groups excluding carboxylic acids is 2. The first-order valence-electron chi connectivity index (χ1n) is 8.11. The summed E-state index contributed by atoms with van der Waals surface area (Å²) in [5, 5.41) is 12.8. The Hall–Kier alpha value is -1.89. The predicted octanol–water partition coefficient (Wildman–Crippen LogP) is 2.60. The molecule has 3 N–H and O–H groups in total. The Morgan fingerprint density at radius 3 is 2.76 bits per heavy atom. The fourth-order valence-corrected chi connectivity index (χ4v) is 3.33. The molecule has 0 saturated carbocycles. The zero-order valence-corrected chi connectivity index (χ0v) is 15.5. The molecule has 0 unspecified atom stereocenters. The lowest BCUT2D eigenvalue weighted by Crippen LogP contribution is -2.27. The Kier molecular flexibility index (Phi) is 7.43. The minimum Gasteiger partial charge on any atom is -0.352 e. The summed E-state index contributed by atoms with van der Waals surface area (Å²) in [5.74, 6) is -0.0678. The molecule has 0 spiro atoms. The second-order valence-electron chi connectivity index (χ2n) is 5.85. The minimum atomic E-state index is -0.0802. The van der Waals surface area contributed by atoms with Crippen molar-refractivity contribution in [1.82, 2.24) is 16.0 Å². The Labute approximate surface area is 157 Å². The van der Waals surface area contributed by atoms with Crippen LogP contribution in [0.1, 0.15) is 39.9 Å². The summed E-state index contributed by atoms with van der Waals surface area (Å²) in [6, 6.07) is 8.12. The molecule has 1 aromatic heterocycles. The lowest BCUT2D eigenvalue weighted by Gasteiger charge is -2.08. The first kappa shape index (κ1) is 19.4. The maximum atomic E-state index is 11.9. The van der Waals surface area contributed by atoms with Gasteiger partial charge in [-0.2, -0.15) is 11.3 Å². The number of nitrogens with one attached hydrogen (secondary N) is 3. The van der Waals surface area contributed by atoms with E-state index in [-0.39, 0.29) is 24.2 Å². The van der Waals surface area contributed by atoms with Crippen molar-refractivity contribution >= 4 is 35.6 Å². The van der Waals surface area contributed by atoms with Gasteiger partial charge in [0.1, 0.15) is 0 Å². The predicted molar refractivity (Wildman–Crippen MR) is 102 cm³/mol. The molecular weight excluding hydrogens is 358 g/mol. The van der Waals surface area contributed by atoms with Crippen molar-refractivity contribution < 1.29 is 9.59 Å². The van der Waals surface area contributed by atoms with Gasteiger partial charge in [0.15, 0.2) is 0 Å². The highest BCUT2D eigenvalue weighted by Gasteiger charge is 2.10. The number of hydrogen-bond acceptors (Lipinski definition) is 4. The number of benzene rings is 1. The molecule has 0 radical (unpaired) electrons. The molecule has 134 valence electrons. The highest BCUT2D eigenvalue weighted by atomic mass is 35.5. The summed E-state index contributed by atoms with van der Waals surface area (Å²) in [4.78, 5) is 23.6. The molecule has 2 heterocycles. The molecule has 5 nitrogen and oxygen atoms in total. The van der Waals surface area contributed by atoms with Gasteiger partial charge < -0.3 is 16.0 Å². The minimum absolute atomic E-state index is 0. The van der Waals surface area contributed by atoms with E-state index in [2.05, 4.69) is 34.1 Å². The van der Waals surface area contributed by atoms with Gasteiger partial charge in [-0.3, -0.25) is 9.59 Å². The van der Waals surface area contributed by atoms with Crippen molar-refractivity contribution in [2.45, 2.75) is 32.5 Å². The molecule has 0 bridgehead atoms. The third kappa shape index (κ3) is 5.56. The molecule has 1 aliphatic heterocycles. The maximum Gasteiger partial charge on any atom is 0.252 e. The Balaban J connectivity index is 0.00000225. The van der Waals surface area contributed by atoms with Gasteiger partial charge in [0.2, 0.25) is 5.91 Å². The average Bonchev–Trinajstić information content (AvgIpc) is 3.27. The van der Waals surface area contributed by atoms with Gasteiger partial charge in [0, 0.05) is 43.5 Å². The largest absolute Gasteiger partial charge is 0.352 e. The summed E-state index contributed by atoms with van der Waals surface area (Å²) in [6.07, 6.45) is 1.05. The molecular formula is C18H22ClN3O2S. The summed E-state index contributed by atoms with van der Waals surface area (Å²) < 4.78 is 0. The van der Waals surface area contributed by atoms with E-state index in [1.807, 2.05) is 10.8 Å². The molecule has 1 aromatic carbocycles. The Morgan fingerprint density at radius 2 is 1.96 bits per heavy atom. The van der Waals surface area contributed by atoms with E-state index >= 15 is 0 Å². The van der Waals surface area contributed by atoms with Crippen molar-refractivity contribution in [3.05, 3.63) is 57.3 Å². The zero-order valence-electron chi connectivity index (χ0n) is 13.8. The van der Waals surface area contributed by atoms with Gasteiger partial charge in [0.05, 0.1) is 0 Å². The van der Waals surface area contributed by atoms with Crippen molar-refractivity contribution in [2.24, 2.45) is 0 Å². The van der Waals surface area contributed by atoms with Crippen LogP contribution >= 0.6 is 23.7 Å². The monoisotopic (exact) mass is 379 g/mol.